The molecule has 1 aliphatic carbocycles. The van der Waals surface area contributed by atoms with Gasteiger partial charge in [0, 0.05) is 23.5 Å². The molecule has 4 heteroatoms. The maximum absolute atomic E-state index is 5.90. The van der Waals surface area contributed by atoms with Crippen LogP contribution in [0.1, 0.15) is 24.1 Å². The fourth-order valence-electron chi connectivity index (χ4n) is 2.23. The van der Waals surface area contributed by atoms with Crippen molar-refractivity contribution in [2.24, 2.45) is 0 Å². The summed E-state index contributed by atoms with van der Waals surface area (Å²) < 4.78 is 0.878. The third-order valence-electron chi connectivity index (χ3n) is 3.62. The Morgan fingerprint density at radius 3 is 2.62 bits per heavy atom. The minimum Gasteiger partial charge on any atom is -0.310 e. The van der Waals surface area contributed by atoms with E-state index in [0.717, 1.165) is 17.4 Å². The van der Waals surface area contributed by atoms with Crippen molar-refractivity contribution in [3.63, 3.8) is 0 Å². The Morgan fingerprint density at radius 2 is 2.19 bits per heavy atom. The van der Waals surface area contributed by atoms with Gasteiger partial charge in [0.05, 0.1) is 4.34 Å². The van der Waals surface area contributed by atoms with Crippen molar-refractivity contribution in [1.82, 2.24) is 10.2 Å². The van der Waals surface area contributed by atoms with Gasteiger partial charge in [-0.05, 0) is 45.5 Å². The fraction of sp³-hybridized carbons (Fsp3) is 0.667. The van der Waals surface area contributed by atoms with Crippen LogP contribution in [0.2, 0.25) is 4.34 Å². The summed E-state index contributed by atoms with van der Waals surface area (Å²) in [7, 11) is 4.37. The van der Waals surface area contributed by atoms with Gasteiger partial charge in [0.25, 0.3) is 0 Å². The summed E-state index contributed by atoms with van der Waals surface area (Å²) in [5, 5.41) is 3.55. The molecule has 0 unspecified atom stereocenters. The van der Waals surface area contributed by atoms with Crippen LogP contribution in [-0.4, -0.2) is 31.1 Å². The van der Waals surface area contributed by atoms with Crippen LogP contribution in [0.3, 0.4) is 0 Å². The van der Waals surface area contributed by atoms with Gasteiger partial charge in [-0.3, -0.25) is 0 Å². The first-order valence-corrected chi connectivity index (χ1v) is 6.94. The Hall–Kier alpha value is -0.0900. The molecule has 2 rings (SSSR count). The predicted octanol–water partition coefficient (Wildman–Crippen LogP) is 2.98. The zero-order valence-corrected chi connectivity index (χ0v) is 11.5. The maximum Gasteiger partial charge on any atom is 0.0931 e. The molecule has 0 bridgehead atoms. The van der Waals surface area contributed by atoms with Crippen LogP contribution in [0, 0.1) is 0 Å². The van der Waals surface area contributed by atoms with E-state index in [1.807, 2.05) is 6.07 Å². The van der Waals surface area contributed by atoms with Crippen LogP contribution < -0.4 is 5.32 Å². The zero-order valence-electron chi connectivity index (χ0n) is 9.92. The fourth-order valence-corrected chi connectivity index (χ4v) is 3.29. The summed E-state index contributed by atoms with van der Waals surface area (Å²) in [6, 6.07) is 4.07. The molecule has 1 aromatic heterocycles. The monoisotopic (exact) mass is 258 g/mol. The summed E-state index contributed by atoms with van der Waals surface area (Å²) >= 11 is 7.56. The first-order chi connectivity index (χ1) is 7.62. The minimum absolute atomic E-state index is 0.404. The lowest BCUT2D eigenvalue weighted by molar-refractivity contribution is 0.0599. The molecule has 0 spiro atoms. The summed E-state index contributed by atoms with van der Waals surface area (Å²) in [4.78, 5) is 3.68. The Kier molecular flexibility index (Phi) is 3.90. The topological polar surface area (TPSA) is 15.3 Å². The predicted molar refractivity (Wildman–Crippen MR) is 71.3 cm³/mol. The molecule has 1 saturated carbocycles. The van der Waals surface area contributed by atoms with E-state index >= 15 is 0 Å². The first-order valence-electron chi connectivity index (χ1n) is 5.75. The number of hydrogen-bond acceptors (Lipinski definition) is 3. The minimum atomic E-state index is 0.404. The number of halogens is 1. The average Bonchev–Trinajstić information content (AvgIpc) is 2.55. The molecule has 1 fully saturated rings. The molecule has 0 radical (unpaired) electrons. The Bertz CT molecular complexity index is 345. The second-order valence-electron chi connectivity index (χ2n) is 4.78. The standard InChI is InChI=1S/C12H19ClN2S/c1-15(2)12(6-3-7-12)9-14-8-10-4-5-11(13)16-10/h4-5,14H,3,6-9H2,1-2H3. The van der Waals surface area contributed by atoms with Gasteiger partial charge in [-0.25, -0.2) is 0 Å². The summed E-state index contributed by atoms with van der Waals surface area (Å²) in [6.45, 7) is 2.02. The highest BCUT2D eigenvalue weighted by molar-refractivity contribution is 7.16. The van der Waals surface area contributed by atoms with Crippen LogP contribution in [0.5, 0.6) is 0 Å². The summed E-state index contributed by atoms with van der Waals surface area (Å²) in [6.07, 6.45) is 4.00. The molecular weight excluding hydrogens is 240 g/mol. The molecule has 1 aromatic rings. The van der Waals surface area contributed by atoms with Crippen LogP contribution in [-0.2, 0) is 6.54 Å². The average molecular weight is 259 g/mol. The van der Waals surface area contributed by atoms with Gasteiger partial charge >= 0.3 is 0 Å². The van der Waals surface area contributed by atoms with Gasteiger partial charge < -0.3 is 10.2 Å². The third-order valence-corrected chi connectivity index (χ3v) is 4.85. The number of hydrogen-bond donors (Lipinski definition) is 1. The van der Waals surface area contributed by atoms with Gasteiger partial charge in [-0.1, -0.05) is 11.6 Å². The molecule has 1 heterocycles. The Morgan fingerprint density at radius 1 is 1.44 bits per heavy atom. The van der Waals surface area contributed by atoms with Crippen LogP contribution in [0.25, 0.3) is 0 Å². The number of rotatable bonds is 5. The van der Waals surface area contributed by atoms with Crippen molar-refractivity contribution in [1.29, 1.82) is 0 Å². The van der Waals surface area contributed by atoms with E-state index in [-0.39, 0.29) is 0 Å². The van der Waals surface area contributed by atoms with E-state index in [1.165, 1.54) is 24.1 Å². The number of likely N-dealkylation sites (N-methyl/N-ethyl adjacent to an activating group) is 1. The van der Waals surface area contributed by atoms with Crippen molar-refractivity contribution in [2.45, 2.75) is 31.3 Å². The van der Waals surface area contributed by atoms with Crippen molar-refractivity contribution in [2.75, 3.05) is 20.6 Å². The van der Waals surface area contributed by atoms with Crippen molar-refractivity contribution >= 4 is 22.9 Å². The summed E-state index contributed by atoms with van der Waals surface area (Å²) in [5.74, 6) is 0. The van der Waals surface area contributed by atoms with E-state index in [0.29, 0.717) is 5.54 Å². The molecule has 90 valence electrons. The molecule has 1 N–H and O–H groups in total. The second-order valence-corrected chi connectivity index (χ2v) is 6.58. The third kappa shape index (κ3) is 2.59. The van der Waals surface area contributed by atoms with Crippen LogP contribution in [0.4, 0.5) is 0 Å². The first kappa shape index (κ1) is 12.4. The highest BCUT2D eigenvalue weighted by Crippen LogP contribution is 2.35. The van der Waals surface area contributed by atoms with Gasteiger partial charge in [-0.2, -0.15) is 0 Å². The molecular formula is C12H19ClN2S. The highest BCUT2D eigenvalue weighted by atomic mass is 35.5. The Labute approximate surface area is 107 Å². The molecule has 2 nitrogen and oxygen atoms in total. The van der Waals surface area contributed by atoms with Gasteiger partial charge in [0.1, 0.15) is 0 Å². The number of nitrogens with one attached hydrogen (secondary N) is 1. The largest absolute Gasteiger partial charge is 0.310 e. The SMILES string of the molecule is CN(C)C1(CNCc2ccc(Cl)s2)CCC1. The molecule has 0 saturated heterocycles. The van der Waals surface area contributed by atoms with Gasteiger partial charge in [-0.15, -0.1) is 11.3 Å². The van der Waals surface area contributed by atoms with Crippen LogP contribution >= 0.6 is 22.9 Å². The number of nitrogens with zero attached hydrogens (tertiary/aromatic N) is 1. The molecule has 1 aliphatic rings. The van der Waals surface area contributed by atoms with E-state index in [1.54, 1.807) is 11.3 Å². The smallest absolute Gasteiger partial charge is 0.0931 e. The lowest BCUT2D eigenvalue weighted by atomic mass is 9.75. The molecule has 0 atom stereocenters. The van der Waals surface area contributed by atoms with E-state index in [9.17, 15) is 0 Å². The Balaban J connectivity index is 1.79. The summed E-state index contributed by atoms with van der Waals surface area (Å²) in [5.41, 5.74) is 0.404. The maximum atomic E-state index is 5.90. The molecule has 0 amide bonds. The number of thiophene rings is 1. The highest BCUT2D eigenvalue weighted by Gasteiger charge is 2.38. The van der Waals surface area contributed by atoms with Crippen LogP contribution in [0.15, 0.2) is 12.1 Å². The van der Waals surface area contributed by atoms with Gasteiger partial charge in [0.15, 0.2) is 0 Å². The quantitative estimate of drug-likeness (QED) is 0.874. The molecule has 0 aromatic carbocycles. The van der Waals surface area contributed by atoms with Crippen molar-refractivity contribution in [3.05, 3.63) is 21.3 Å². The van der Waals surface area contributed by atoms with Crippen molar-refractivity contribution in [3.8, 4) is 0 Å². The zero-order chi connectivity index (χ0) is 11.6. The normalized spacial score (nSPS) is 18.8. The second kappa shape index (κ2) is 5.05. The lowest BCUT2D eigenvalue weighted by Gasteiger charge is -2.47. The molecule has 0 aliphatic heterocycles. The van der Waals surface area contributed by atoms with E-state index in [2.05, 4.69) is 30.4 Å². The van der Waals surface area contributed by atoms with E-state index < -0.39 is 0 Å². The van der Waals surface area contributed by atoms with Gasteiger partial charge in [0.2, 0.25) is 0 Å². The lowest BCUT2D eigenvalue weighted by Crippen LogP contribution is -2.56. The van der Waals surface area contributed by atoms with E-state index in [4.69, 9.17) is 11.6 Å². The molecule has 16 heavy (non-hydrogen) atoms. The van der Waals surface area contributed by atoms with Crippen molar-refractivity contribution < 1.29 is 0 Å².